The van der Waals surface area contributed by atoms with Gasteiger partial charge in [0.05, 0.1) is 13.2 Å². The van der Waals surface area contributed by atoms with E-state index in [2.05, 4.69) is 10.8 Å². The van der Waals surface area contributed by atoms with Gasteiger partial charge in [0, 0.05) is 12.2 Å². The van der Waals surface area contributed by atoms with Crippen LogP contribution >= 0.6 is 0 Å². The standard InChI is InChI=1S/C19H21N3O4/c1-25-21-18(23)22-12-16(11-15-9-5-6-10-17(15)22)20-19(24)26-13-14-7-3-2-4-8-14/h2-10,16H,11-13H2,1H3,(H,20,24)(H,21,23). The predicted molar refractivity (Wildman–Crippen MR) is 96.6 cm³/mol. The second-order valence-electron chi connectivity index (χ2n) is 5.96. The lowest BCUT2D eigenvalue weighted by Gasteiger charge is -2.34. The molecular weight excluding hydrogens is 334 g/mol. The van der Waals surface area contributed by atoms with Crippen LogP contribution in [0.3, 0.4) is 0 Å². The van der Waals surface area contributed by atoms with E-state index in [4.69, 9.17) is 9.57 Å². The molecule has 7 nitrogen and oxygen atoms in total. The van der Waals surface area contributed by atoms with E-state index in [9.17, 15) is 9.59 Å². The minimum absolute atomic E-state index is 0.198. The monoisotopic (exact) mass is 355 g/mol. The molecule has 2 aromatic carbocycles. The molecule has 0 aliphatic carbocycles. The van der Waals surface area contributed by atoms with E-state index in [1.165, 1.54) is 7.11 Å². The third-order valence-corrected chi connectivity index (χ3v) is 4.12. The van der Waals surface area contributed by atoms with E-state index >= 15 is 0 Å². The lowest BCUT2D eigenvalue weighted by molar-refractivity contribution is 0.110. The molecule has 3 amide bonds. The SMILES string of the molecule is CONC(=O)N1CC(NC(=O)OCc2ccccc2)Cc2ccccc21. The number of hydrogen-bond donors (Lipinski definition) is 2. The van der Waals surface area contributed by atoms with Crippen molar-refractivity contribution >= 4 is 17.8 Å². The van der Waals surface area contributed by atoms with Gasteiger partial charge in [-0.05, 0) is 23.6 Å². The van der Waals surface area contributed by atoms with Gasteiger partial charge in [0.25, 0.3) is 0 Å². The molecule has 1 heterocycles. The summed E-state index contributed by atoms with van der Waals surface area (Å²) in [7, 11) is 1.38. The quantitative estimate of drug-likeness (QED) is 0.826. The Morgan fingerprint density at radius 1 is 1.12 bits per heavy atom. The molecular formula is C19H21N3O4. The molecule has 7 heteroatoms. The molecule has 2 N–H and O–H groups in total. The highest BCUT2D eigenvalue weighted by molar-refractivity contribution is 5.93. The number of nitrogens with one attached hydrogen (secondary N) is 2. The van der Waals surface area contributed by atoms with Gasteiger partial charge in [-0.1, -0.05) is 48.5 Å². The van der Waals surface area contributed by atoms with Crippen molar-refractivity contribution < 1.29 is 19.2 Å². The molecule has 1 aliphatic rings. The zero-order chi connectivity index (χ0) is 18.4. The molecule has 0 fully saturated rings. The highest BCUT2D eigenvalue weighted by Crippen LogP contribution is 2.27. The first-order valence-electron chi connectivity index (χ1n) is 8.33. The van der Waals surface area contributed by atoms with Crippen molar-refractivity contribution in [2.45, 2.75) is 19.1 Å². The summed E-state index contributed by atoms with van der Waals surface area (Å²) in [4.78, 5) is 30.6. The van der Waals surface area contributed by atoms with E-state index in [1.54, 1.807) is 4.90 Å². The van der Waals surface area contributed by atoms with Crippen molar-refractivity contribution in [1.82, 2.24) is 10.8 Å². The molecule has 26 heavy (non-hydrogen) atoms. The average Bonchev–Trinajstić information content (AvgIpc) is 2.67. The highest BCUT2D eigenvalue weighted by atomic mass is 16.6. The van der Waals surface area contributed by atoms with Gasteiger partial charge in [-0.15, -0.1) is 0 Å². The Balaban J connectivity index is 1.63. The van der Waals surface area contributed by atoms with Crippen LogP contribution in [0.15, 0.2) is 54.6 Å². The van der Waals surface area contributed by atoms with Gasteiger partial charge in [-0.2, -0.15) is 0 Å². The zero-order valence-electron chi connectivity index (χ0n) is 14.5. The molecule has 136 valence electrons. The highest BCUT2D eigenvalue weighted by Gasteiger charge is 2.29. The van der Waals surface area contributed by atoms with Crippen LogP contribution in [-0.4, -0.2) is 31.8 Å². The first-order chi connectivity index (χ1) is 12.7. The van der Waals surface area contributed by atoms with Crippen molar-refractivity contribution in [2.24, 2.45) is 0 Å². The number of para-hydroxylation sites is 1. The molecule has 0 saturated carbocycles. The first-order valence-corrected chi connectivity index (χ1v) is 8.33. The summed E-state index contributed by atoms with van der Waals surface area (Å²) in [5, 5.41) is 2.83. The summed E-state index contributed by atoms with van der Waals surface area (Å²) in [5.41, 5.74) is 5.01. The second kappa shape index (κ2) is 8.35. The van der Waals surface area contributed by atoms with Crippen molar-refractivity contribution in [2.75, 3.05) is 18.6 Å². The number of alkyl carbamates (subject to hydrolysis) is 1. The minimum atomic E-state index is -0.509. The van der Waals surface area contributed by atoms with Crippen LogP contribution in [0.4, 0.5) is 15.3 Å². The molecule has 1 atom stereocenters. The number of ether oxygens (including phenoxy) is 1. The third kappa shape index (κ3) is 4.31. The number of hydrogen-bond acceptors (Lipinski definition) is 4. The normalized spacial score (nSPS) is 15.7. The van der Waals surface area contributed by atoms with Crippen molar-refractivity contribution in [3.63, 3.8) is 0 Å². The van der Waals surface area contributed by atoms with Gasteiger partial charge in [-0.3, -0.25) is 9.74 Å². The van der Waals surface area contributed by atoms with Gasteiger partial charge in [0.1, 0.15) is 6.61 Å². The molecule has 2 aromatic rings. The number of fused-ring (bicyclic) bond motifs is 1. The van der Waals surface area contributed by atoms with E-state index in [-0.39, 0.29) is 18.7 Å². The van der Waals surface area contributed by atoms with Crippen LogP contribution in [0.25, 0.3) is 0 Å². The lowest BCUT2D eigenvalue weighted by Crippen LogP contribution is -2.52. The Morgan fingerprint density at radius 3 is 2.62 bits per heavy atom. The third-order valence-electron chi connectivity index (χ3n) is 4.12. The number of nitrogens with zero attached hydrogens (tertiary/aromatic N) is 1. The number of rotatable bonds is 4. The van der Waals surface area contributed by atoms with Gasteiger partial charge in [0.2, 0.25) is 0 Å². The number of amides is 3. The largest absolute Gasteiger partial charge is 0.445 e. The lowest BCUT2D eigenvalue weighted by atomic mass is 9.98. The second-order valence-corrected chi connectivity index (χ2v) is 5.96. The van der Waals surface area contributed by atoms with Crippen molar-refractivity contribution in [1.29, 1.82) is 0 Å². The maximum Gasteiger partial charge on any atom is 0.407 e. The number of anilines is 1. The molecule has 0 spiro atoms. The number of hydroxylamine groups is 1. The van der Waals surface area contributed by atoms with E-state index in [1.807, 2.05) is 54.6 Å². The minimum Gasteiger partial charge on any atom is -0.445 e. The fraction of sp³-hybridized carbons (Fsp3) is 0.263. The predicted octanol–water partition coefficient (Wildman–Crippen LogP) is 2.62. The molecule has 1 aliphatic heterocycles. The van der Waals surface area contributed by atoms with Gasteiger partial charge >= 0.3 is 12.1 Å². The summed E-state index contributed by atoms with van der Waals surface area (Å²) in [5.74, 6) is 0. The van der Waals surface area contributed by atoms with Crippen LogP contribution in [0, 0.1) is 0 Å². The Kier molecular flexibility index (Phi) is 5.70. The summed E-state index contributed by atoms with van der Waals surface area (Å²) >= 11 is 0. The average molecular weight is 355 g/mol. The number of urea groups is 1. The fourth-order valence-corrected chi connectivity index (χ4v) is 2.96. The van der Waals surface area contributed by atoms with Crippen molar-refractivity contribution in [3.8, 4) is 0 Å². The molecule has 0 saturated heterocycles. The Morgan fingerprint density at radius 2 is 1.85 bits per heavy atom. The maximum absolute atomic E-state index is 12.2. The Labute approximate surface area is 151 Å². The summed E-state index contributed by atoms with van der Waals surface area (Å²) in [6.45, 7) is 0.524. The summed E-state index contributed by atoms with van der Waals surface area (Å²) in [6.07, 6.45) is 0.109. The van der Waals surface area contributed by atoms with E-state index in [0.29, 0.717) is 13.0 Å². The van der Waals surface area contributed by atoms with Crippen LogP contribution in [0.1, 0.15) is 11.1 Å². The zero-order valence-corrected chi connectivity index (χ0v) is 14.5. The van der Waals surface area contributed by atoms with Gasteiger partial charge < -0.3 is 10.1 Å². The van der Waals surface area contributed by atoms with Crippen LogP contribution in [-0.2, 0) is 22.6 Å². The van der Waals surface area contributed by atoms with E-state index < -0.39 is 6.09 Å². The van der Waals surface area contributed by atoms with Crippen molar-refractivity contribution in [3.05, 3.63) is 65.7 Å². The molecule has 0 radical (unpaired) electrons. The summed E-state index contributed by atoms with van der Waals surface area (Å²) < 4.78 is 5.27. The maximum atomic E-state index is 12.2. The Bertz CT molecular complexity index is 766. The molecule has 3 rings (SSSR count). The number of carbonyl (C=O) groups is 2. The Hall–Kier alpha value is -3.06. The molecule has 0 bridgehead atoms. The fourth-order valence-electron chi connectivity index (χ4n) is 2.96. The number of carbonyl (C=O) groups excluding carboxylic acids is 2. The smallest absolute Gasteiger partial charge is 0.407 e. The number of benzene rings is 2. The van der Waals surface area contributed by atoms with Gasteiger partial charge in [-0.25, -0.2) is 15.1 Å². The topological polar surface area (TPSA) is 79.9 Å². The van der Waals surface area contributed by atoms with Crippen LogP contribution in [0.2, 0.25) is 0 Å². The molecule has 1 unspecified atom stereocenters. The van der Waals surface area contributed by atoms with Crippen LogP contribution < -0.4 is 15.7 Å². The van der Waals surface area contributed by atoms with E-state index in [0.717, 1.165) is 16.8 Å². The van der Waals surface area contributed by atoms with Gasteiger partial charge in [0.15, 0.2) is 0 Å². The summed E-state index contributed by atoms with van der Waals surface area (Å²) in [6, 6.07) is 16.4. The van der Waals surface area contributed by atoms with Crippen LogP contribution in [0.5, 0.6) is 0 Å². The first kappa shape index (κ1) is 17.8. The molecule has 0 aromatic heterocycles.